The van der Waals surface area contributed by atoms with Crippen molar-refractivity contribution in [2.45, 2.75) is 0 Å². The summed E-state index contributed by atoms with van der Waals surface area (Å²) in [7, 11) is 0. The first-order valence-electron chi connectivity index (χ1n) is 7.98. The van der Waals surface area contributed by atoms with Crippen LogP contribution in [0.25, 0.3) is 17.4 Å². The number of halogens is 2. The molecule has 1 aliphatic heterocycles. The lowest BCUT2D eigenvalue weighted by atomic mass is 10.2. The number of carbonyl (C=O) groups excluding carboxylic acids is 1. The molecule has 1 N–H and O–H groups in total. The number of carbonyl (C=O) groups is 1. The lowest BCUT2D eigenvalue weighted by Gasteiger charge is -1.99. The van der Waals surface area contributed by atoms with Crippen LogP contribution in [0.15, 0.2) is 75.0 Å². The number of nitrogens with one attached hydrogen (secondary N) is 1. The van der Waals surface area contributed by atoms with Crippen LogP contribution in [0.2, 0.25) is 10.0 Å². The molecule has 0 spiro atoms. The maximum absolute atomic E-state index is 12.2. The van der Waals surface area contributed by atoms with E-state index in [0.29, 0.717) is 31.6 Å². The van der Waals surface area contributed by atoms with Gasteiger partial charge in [0.25, 0.3) is 5.91 Å². The first-order chi connectivity index (χ1) is 13.1. The second-order valence-electron chi connectivity index (χ2n) is 5.65. The molecule has 2 aromatic carbocycles. The molecule has 1 amide bonds. The summed E-state index contributed by atoms with van der Waals surface area (Å²) in [5.41, 5.74) is 1.59. The highest BCUT2D eigenvalue weighted by Crippen LogP contribution is 2.32. The summed E-state index contributed by atoms with van der Waals surface area (Å²) < 4.78 is 5.82. The van der Waals surface area contributed by atoms with Crippen molar-refractivity contribution >= 4 is 57.8 Å². The Labute approximate surface area is 169 Å². The van der Waals surface area contributed by atoms with E-state index in [1.165, 1.54) is 11.8 Å². The van der Waals surface area contributed by atoms with Crippen molar-refractivity contribution in [3.63, 3.8) is 0 Å². The Bertz CT molecular complexity index is 1070. The van der Waals surface area contributed by atoms with Crippen LogP contribution >= 0.6 is 35.0 Å². The molecule has 1 fully saturated rings. The third-order valence-corrected chi connectivity index (χ3v) is 5.39. The summed E-state index contributed by atoms with van der Waals surface area (Å²) in [5.74, 6) is 0.999. The minimum absolute atomic E-state index is 0.206. The van der Waals surface area contributed by atoms with Gasteiger partial charge < -0.3 is 9.73 Å². The summed E-state index contributed by atoms with van der Waals surface area (Å²) >= 11 is 13.3. The van der Waals surface area contributed by atoms with Gasteiger partial charge in [-0.05, 0) is 54.2 Å². The molecule has 0 aliphatic carbocycles. The second-order valence-corrected chi connectivity index (χ2v) is 7.49. The summed E-state index contributed by atoms with van der Waals surface area (Å²) in [5, 5.41) is 4.23. The van der Waals surface area contributed by atoms with Gasteiger partial charge >= 0.3 is 0 Å². The standard InChI is InChI=1S/C20H12Cl2N2O2S/c21-15-8-6-12(10-16(15)22)17-9-7-14(26-17)11-18-19(25)24-20(27-18)23-13-4-2-1-3-5-13/h1-11H,(H,23,24,25)/b18-11-. The molecular weight excluding hydrogens is 403 g/mol. The van der Waals surface area contributed by atoms with E-state index in [9.17, 15) is 4.79 Å². The van der Waals surface area contributed by atoms with Crippen LogP contribution in [0.1, 0.15) is 5.76 Å². The number of furan rings is 1. The normalized spacial score (nSPS) is 16.9. The van der Waals surface area contributed by atoms with Gasteiger partial charge in [-0.2, -0.15) is 0 Å². The summed E-state index contributed by atoms with van der Waals surface area (Å²) in [6.45, 7) is 0. The molecule has 0 radical (unpaired) electrons. The van der Waals surface area contributed by atoms with Crippen LogP contribution in [-0.2, 0) is 4.79 Å². The first kappa shape index (κ1) is 17.9. The number of aliphatic imine (C=N–C) groups is 1. The van der Waals surface area contributed by atoms with Crippen molar-refractivity contribution in [2.75, 3.05) is 0 Å². The molecule has 3 aromatic rings. The topological polar surface area (TPSA) is 54.6 Å². The van der Waals surface area contributed by atoms with Gasteiger partial charge in [0.15, 0.2) is 5.17 Å². The fourth-order valence-electron chi connectivity index (χ4n) is 2.46. The Morgan fingerprint density at radius 2 is 1.81 bits per heavy atom. The summed E-state index contributed by atoms with van der Waals surface area (Å²) in [4.78, 5) is 17.1. The van der Waals surface area contributed by atoms with Crippen LogP contribution in [0, 0.1) is 0 Å². The molecule has 0 bridgehead atoms. The molecule has 7 heteroatoms. The van der Waals surface area contributed by atoms with Gasteiger partial charge in [-0.3, -0.25) is 4.79 Å². The lowest BCUT2D eigenvalue weighted by Crippen LogP contribution is -2.19. The molecule has 0 atom stereocenters. The molecule has 4 rings (SSSR count). The Morgan fingerprint density at radius 1 is 1.00 bits per heavy atom. The molecule has 1 aliphatic rings. The average molecular weight is 415 g/mol. The highest BCUT2D eigenvalue weighted by atomic mass is 35.5. The fraction of sp³-hybridized carbons (Fsp3) is 0. The van der Waals surface area contributed by atoms with Crippen molar-refractivity contribution < 1.29 is 9.21 Å². The number of amidine groups is 1. The van der Waals surface area contributed by atoms with Gasteiger partial charge in [0.2, 0.25) is 0 Å². The van der Waals surface area contributed by atoms with Crippen molar-refractivity contribution in [2.24, 2.45) is 4.99 Å². The van der Waals surface area contributed by atoms with Crippen LogP contribution in [0.3, 0.4) is 0 Å². The number of rotatable bonds is 3. The molecular formula is C20H12Cl2N2O2S. The molecule has 1 saturated heterocycles. The number of para-hydroxylation sites is 1. The highest BCUT2D eigenvalue weighted by molar-refractivity contribution is 8.18. The zero-order chi connectivity index (χ0) is 18.8. The predicted molar refractivity (Wildman–Crippen MR) is 111 cm³/mol. The van der Waals surface area contributed by atoms with Crippen molar-refractivity contribution in [3.05, 3.63) is 81.4 Å². The highest BCUT2D eigenvalue weighted by Gasteiger charge is 2.24. The zero-order valence-corrected chi connectivity index (χ0v) is 16.1. The van der Waals surface area contributed by atoms with Gasteiger partial charge in [0, 0.05) is 11.6 Å². The Hall–Kier alpha value is -2.47. The maximum atomic E-state index is 12.2. The number of nitrogens with zero attached hydrogens (tertiary/aromatic N) is 1. The molecule has 4 nitrogen and oxygen atoms in total. The first-order valence-corrected chi connectivity index (χ1v) is 9.55. The summed E-state index contributed by atoms with van der Waals surface area (Å²) in [6.07, 6.45) is 1.69. The number of hydrogen-bond donors (Lipinski definition) is 1. The molecule has 27 heavy (non-hydrogen) atoms. The largest absolute Gasteiger partial charge is 0.457 e. The van der Waals surface area contributed by atoms with Gasteiger partial charge in [-0.15, -0.1) is 0 Å². The Balaban J connectivity index is 1.55. The third-order valence-electron chi connectivity index (χ3n) is 3.74. The van der Waals surface area contributed by atoms with Gasteiger partial charge in [0.1, 0.15) is 11.5 Å². The van der Waals surface area contributed by atoms with Crippen LogP contribution in [0.5, 0.6) is 0 Å². The van der Waals surface area contributed by atoms with E-state index in [0.717, 1.165) is 11.3 Å². The lowest BCUT2D eigenvalue weighted by molar-refractivity contribution is -0.115. The predicted octanol–water partition coefficient (Wildman–Crippen LogP) is 6.15. The maximum Gasteiger partial charge on any atom is 0.264 e. The minimum Gasteiger partial charge on any atom is -0.457 e. The Morgan fingerprint density at radius 3 is 2.59 bits per heavy atom. The van der Waals surface area contributed by atoms with E-state index in [-0.39, 0.29) is 5.91 Å². The number of hydrogen-bond acceptors (Lipinski definition) is 4. The van der Waals surface area contributed by atoms with E-state index in [1.807, 2.05) is 42.5 Å². The van der Waals surface area contributed by atoms with Crippen molar-refractivity contribution in [3.8, 4) is 11.3 Å². The quantitative estimate of drug-likeness (QED) is 0.523. The molecule has 0 saturated carbocycles. The summed E-state index contributed by atoms with van der Waals surface area (Å²) in [6, 6.07) is 18.3. The SMILES string of the molecule is O=C1NC(=Nc2ccccc2)S/C1=C\c1ccc(-c2ccc(Cl)c(Cl)c2)o1. The third kappa shape index (κ3) is 4.11. The molecule has 0 unspecified atom stereocenters. The fourth-order valence-corrected chi connectivity index (χ4v) is 3.58. The zero-order valence-electron chi connectivity index (χ0n) is 13.8. The molecule has 2 heterocycles. The van der Waals surface area contributed by atoms with E-state index in [1.54, 1.807) is 24.3 Å². The van der Waals surface area contributed by atoms with E-state index < -0.39 is 0 Å². The molecule has 1 aromatic heterocycles. The number of benzene rings is 2. The van der Waals surface area contributed by atoms with Crippen LogP contribution in [0.4, 0.5) is 5.69 Å². The van der Waals surface area contributed by atoms with Crippen LogP contribution in [-0.4, -0.2) is 11.1 Å². The van der Waals surface area contributed by atoms with Crippen molar-refractivity contribution in [1.82, 2.24) is 5.32 Å². The Kier molecular flexibility index (Phi) is 5.07. The van der Waals surface area contributed by atoms with E-state index in [2.05, 4.69) is 10.3 Å². The van der Waals surface area contributed by atoms with Crippen LogP contribution < -0.4 is 5.32 Å². The number of thioether (sulfide) groups is 1. The van der Waals surface area contributed by atoms with Gasteiger partial charge in [-0.25, -0.2) is 4.99 Å². The second kappa shape index (κ2) is 7.64. The van der Waals surface area contributed by atoms with Crippen molar-refractivity contribution in [1.29, 1.82) is 0 Å². The molecule has 134 valence electrons. The minimum atomic E-state index is -0.206. The van der Waals surface area contributed by atoms with E-state index >= 15 is 0 Å². The van der Waals surface area contributed by atoms with E-state index in [4.69, 9.17) is 27.6 Å². The number of amides is 1. The smallest absolute Gasteiger partial charge is 0.264 e. The van der Waals surface area contributed by atoms with Gasteiger partial charge in [-0.1, -0.05) is 41.4 Å². The average Bonchev–Trinajstić information content (AvgIpc) is 3.26. The monoisotopic (exact) mass is 414 g/mol. The van der Waals surface area contributed by atoms with Gasteiger partial charge in [0.05, 0.1) is 20.6 Å².